The van der Waals surface area contributed by atoms with Gasteiger partial charge in [0.1, 0.15) is 11.7 Å². The lowest BCUT2D eigenvalue weighted by Crippen LogP contribution is -2.21. The first-order valence-electron chi connectivity index (χ1n) is 6.30. The first-order valence-corrected chi connectivity index (χ1v) is 6.83. The van der Waals surface area contributed by atoms with E-state index in [1.165, 1.54) is 0 Å². The molecule has 2 heterocycles. The van der Waals surface area contributed by atoms with E-state index in [1.54, 1.807) is 11.3 Å². The molecule has 4 nitrogen and oxygen atoms in total. The van der Waals surface area contributed by atoms with E-state index in [0.717, 1.165) is 11.0 Å². The molecule has 2 aromatic heterocycles. The van der Waals surface area contributed by atoms with Gasteiger partial charge in [-0.05, 0) is 31.0 Å². The van der Waals surface area contributed by atoms with Gasteiger partial charge in [-0.3, -0.25) is 9.20 Å². The number of pyridine rings is 1. The van der Waals surface area contributed by atoms with Crippen molar-refractivity contribution in [3.05, 3.63) is 51.3 Å². The molecule has 1 N–H and O–H groups in total. The second-order valence-corrected chi connectivity index (χ2v) is 5.04. The van der Waals surface area contributed by atoms with Gasteiger partial charge >= 0.3 is 0 Å². The van der Waals surface area contributed by atoms with Gasteiger partial charge in [-0.25, -0.2) is 0 Å². The van der Waals surface area contributed by atoms with Crippen LogP contribution in [0.5, 0.6) is 0 Å². The lowest BCUT2D eigenvalue weighted by molar-refractivity contribution is 1.01. The van der Waals surface area contributed by atoms with Crippen molar-refractivity contribution in [2.45, 2.75) is 13.3 Å². The number of H-pyrrole nitrogens is 1. The normalized spacial score (nSPS) is 11.1. The number of aromatic amines is 1. The number of fused-ring (bicyclic) bond motifs is 3. The summed E-state index contributed by atoms with van der Waals surface area (Å²) in [7, 11) is 0. The van der Waals surface area contributed by atoms with E-state index in [9.17, 15) is 10.1 Å². The van der Waals surface area contributed by atoms with Gasteiger partial charge in [-0.15, -0.1) is 11.6 Å². The number of para-hydroxylation sites is 2. The number of aromatic nitrogens is 2. The molecule has 3 aromatic rings. The summed E-state index contributed by atoms with van der Waals surface area (Å²) in [6, 6.07) is 9.70. The summed E-state index contributed by atoms with van der Waals surface area (Å²) in [5, 5.41) is 9.41. The Morgan fingerprint density at radius 3 is 2.85 bits per heavy atom. The summed E-state index contributed by atoms with van der Waals surface area (Å²) in [4.78, 5) is 15.8. The van der Waals surface area contributed by atoms with Gasteiger partial charge in [-0.1, -0.05) is 12.1 Å². The van der Waals surface area contributed by atoms with Crippen LogP contribution in [0.2, 0.25) is 0 Å². The van der Waals surface area contributed by atoms with Gasteiger partial charge < -0.3 is 4.98 Å². The Balaban J connectivity index is 2.60. The van der Waals surface area contributed by atoms with Crippen molar-refractivity contribution in [3.8, 4) is 6.07 Å². The summed E-state index contributed by atoms with van der Waals surface area (Å²) in [6.07, 6.45) is 0.462. The quantitative estimate of drug-likeness (QED) is 0.736. The fraction of sp³-hybridized carbons (Fsp3) is 0.200. The summed E-state index contributed by atoms with van der Waals surface area (Å²) >= 11 is 5.78. The number of nitrogens with zero attached hydrogens (tertiary/aromatic N) is 2. The standard InChI is InChI=1S/C15H12ClN3O/c1-9-10(6-7-16)15(20)19-13-5-3-2-4-12(13)18-14(19)11(9)8-17/h2-5,18H,6-7H2,1H3. The summed E-state index contributed by atoms with van der Waals surface area (Å²) < 4.78 is 1.57. The Bertz CT molecular complexity index is 915. The maximum atomic E-state index is 12.7. The van der Waals surface area contributed by atoms with Gasteiger partial charge in [0, 0.05) is 11.4 Å². The number of nitriles is 1. The summed E-state index contributed by atoms with van der Waals surface area (Å²) in [6.45, 7) is 1.80. The first-order chi connectivity index (χ1) is 9.69. The van der Waals surface area contributed by atoms with Crippen molar-refractivity contribution in [2.75, 3.05) is 5.88 Å². The smallest absolute Gasteiger partial charge is 0.260 e. The highest BCUT2D eigenvalue weighted by atomic mass is 35.5. The topological polar surface area (TPSA) is 61.1 Å². The molecule has 0 fully saturated rings. The zero-order valence-electron chi connectivity index (χ0n) is 10.9. The van der Waals surface area contributed by atoms with Crippen molar-refractivity contribution in [3.63, 3.8) is 0 Å². The highest BCUT2D eigenvalue weighted by molar-refractivity contribution is 6.18. The maximum Gasteiger partial charge on any atom is 0.260 e. The molecule has 0 saturated heterocycles. The fourth-order valence-corrected chi connectivity index (χ4v) is 2.80. The second kappa shape index (κ2) is 4.69. The van der Waals surface area contributed by atoms with Crippen LogP contribution in [0.15, 0.2) is 29.1 Å². The average molecular weight is 286 g/mol. The number of rotatable bonds is 2. The highest BCUT2D eigenvalue weighted by Crippen LogP contribution is 2.21. The predicted octanol–water partition coefficient (Wildman–Crippen LogP) is 2.74. The van der Waals surface area contributed by atoms with E-state index in [4.69, 9.17) is 11.6 Å². The van der Waals surface area contributed by atoms with Gasteiger partial charge in [-0.2, -0.15) is 5.26 Å². The van der Waals surface area contributed by atoms with Gasteiger partial charge in [0.25, 0.3) is 5.56 Å². The number of imidazole rings is 1. The third-order valence-corrected chi connectivity index (χ3v) is 3.79. The third kappa shape index (κ3) is 1.64. The predicted molar refractivity (Wildman–Crippen MR) is 79.4 cm³/mol. The minimum Gasteiger partial charge on any atom is -0.338 e. The fourth-order valence-electron chi connectivity index (χ4n) is 2.61. The molecule has 0 radical (unpaired) electrons. The van der Waals surface area contributed by atoms with Crippen LogP contribution < -0.4 is 5.56 Å². The zero-order chi connectivity index (χ0) is 14.3. The largest absolute Gasteiger partial charge is 0.338 e. The van der Waals surface area contributed by atoms with E-state index in [-0.39, 0.29) is 5.56 Å². The maximum absolute atomic E-state index is 12.7. The van der Waals surface area contributed by atoms with Crippen LogP contribution in [-0.2, 0) is 6.42 Å². The number of benzene rings is 1. The summed E-state index contributed by atoms with van der Waals surface area (Å²) in [5.41, 5.74) is 3.89. The van der Waals surface area contributed by atoms with Crippen molar-refractivity contribution < 1.29 is 0 Å². The Hall–Kier alpha value is -2.25. The molecule has 0 unspecified atom stereocenters. The monoisotopic (exact) mass is 285 g/mol. The third-order valence-electron chi connectivity index (χ3n) is 3.60. The number of nitrogens with one attached hydrogen (secondary N) is 1. The molecule has 100 valence electrons. The Kier molecular flexibility index (Phi) is 3.00. The second-order valence-electron chi connectivity index (χ2n) is 4.66. The molecule has 1 aromatic carbocycles. The Labute approximate surface area is 120 Å². The number of hydrogen-bond donors (Lipinski definition) is 1. The van der Waals surface area contributed by atoms with Crippen LogP contribution in [0.1, 0.15) is 16.7 Å². The molecule has 0 aliphatic carbocycles. The minimum atomic E-state index is -0.102. The number of hydrogen-bond acceptors (Lipinski definition) is 2. The molecular formula is C15H12ClN3O. The van der Waals surface area contributed by atoms with E-state index < -0.39 is 0 Å². The van der Waals surface area contributed by atoms with Gasteiger partial charge in [0.05, 0.1) is 16.6 Å². The van der Waals surface area contributed by atoms with E-state index in [1.807, 2.05) is 24.3 Å². The summed E-state index contributed by atoms with van der Waals surface area (Å²) in [5.74, 6) is 0.357. The molecule has 0 bridgehead atoms. The Morgan fingerprint density at radius 2 is 2.15 bits per heavy atom. The SMILES string of the molecule is Cc1c(CCCl)c(=O)n2c([nH]c3ccccc32)c1C#N. The molecule has 3 rings (SSSR count). The van der Waals surface area contributed by atoms with Crippen LogP contribution >= 0.6 is 11.6 Å². The van der Waals surface area contributed by atoms with Crippen LogP contribution in [0.25, 0.3) is 16.7 Å². The molecule has 5 heteroatoms. The molecular weight excluding hydrogens is 274 g/mol. The molecule has 0 amide bonds. The van der Waals surface area contributed by atoms with Crippen LogP contribution in [-0.4, -0.2) is 15.3 Å². The highest BCUT2D eigenvalue weighted by Gasteiger charge is 2.17. The lowest BCUT2D eigenvalue weighted by Gasteiger charge is -2.07. The first kappa shape index (κ1) is 12.8. The van der Waals surface area contributed by atoms with Crippen LogP contribution in [0.3, 0.4) is 0 Å². The van der Waals surface area contributed by atoms with E-state index in [0.29, 0.717) is 34.6 Å². The molecule has 0 atom stereocenters. The minimum absolute atomic E-state index is 0.102. The van der Waals surface area contributed by atoms with Crippen LogP contribution in [0, 0.1) is 18.3 Å². The van der Waals surface area contributed by atoms with Crippen molar-refractivity contribution >= 4 is 28.3 Å². The molecule has 0 aliphatic heterocycles. The van der Waals surface area contributed by atoms with E-state index in [2.05, 4.69) is 11.1 Å². The van der Waals surface area contributed by atoms with Crippen LogP contribution in [0.4, 0.5) is 0 Å². The lowest BCUT2D eigenvalue weighted by atomic mass is 10.0. The molecule has 20 heavy (non-hydrogen) atoms. The number of halogens is 1. The van der Waals surface area contributed by atoms with Crippen molar-refractivity contribution in [1.29, 1.82) is 5.26 Å². The number of alkyl halides is 1. The molecule has 0 saturated carbocycles. The Morgan fingerprint density at radius 1 is 1.40 bits per heavy atom. The van der Waals surface area contributed by atoms with Crippen molar-refractivity contribution in [2.24, 2.45) is 0 Å². The zero-order valence-corrected chi connectivity index (χ0v) is 11.7. The van der Waals surface area contributed by atoms with Gasteiger partial charge in [0.2, 0.25) is 0 Å². The van der Waals surface area contributed by atoms with Crippen molar-refractivity contribution in [1.82, 2.24) is 9.38 Å². The van der Waals surface area contributed by atoms with E-state index >= 15 is 0 Å². The average Bonchev–Trinajstić information content (AvgIpc) is 2.83. The van der Waals surface area contributed by atoms with Gasteiger partial charge in [0.15, 0.2) is 0 Å². The molecule has 0 spiro atoms. The molecule has 0 aliphatic rings.